The van der Waals surface area contributed by atoms with Crippen molar-refractivity contribution in [3.63, 3.8) is 0 Å². The van der Waals surface area contributed by atoms with Gasteiger partial charge in [-0.25, -0.2) is 0 Å². The lowest BCUT2D eigenvalue weighted by atomic mass is 9.82. The van der Waals surface area contributed by atoms with Crippen LogP contribution in [0.15, 0.2) is 139 Å². The van der Waals surface area contributed by atoms with E-state index in [1.54, 1.807) is 6.08 Å². The topological polar surface area (TPSA) is 8.17 Å². The minimum atomic E-state index is -0.124. The summed E-state index contributed by atoms with van der Waals surface area (Å²) in [5.41, 5.74) is 8.84. The van der Waals surface area contributed by atoms with Gasteiger partial charge in [-0.3, -0.25) is 0 Å². The fourth-order valence-electron chi connectivity index (χ4n) is 7.49. The predicted octanol–water partition coefficient (Wildman–Crippen LogP) is 10.5. The maximum Gasteiger partial charge on any atom is 0.0538 e. The zero-order valence-corrected chi connectivity index (χ0v) is 28.6. The molecule has 2 nitrogen and oxygen atoms in total. The molecule has 0 amide bonds. The molecule has 0 spiro atoms. The van der Waals surface area contributed by atoms with E-state index >= 15 is 0 Å². The Balaban J connectivity index is 1.40. The first-order valence-electron chi connectivity index (χ1n) is 16.5. The number of fused-ring (bicyclic) bond motifs is 6. The Kier molecular flexibility index (Phi) is 8.11. The molecule has 47 heavy (non-hydrogen) atoms. The van der Waals surface area contributed by atoms with Crippen molar-refractivity contribution in [1.29, 1.82) is 0 Å². The standard InChI is InChI=1S/C44H42N2S/c1-7-8-9-10-17-28-45-39(32(4)42-43(45)35-20-12-14-21-37(35)44(42,5)6)26-24-31(3)46(38-22-15-11-18-30(38)2)33-25-27-41-36(29-33)34-19-13-16-23-40(34)47-41/h7-17,19-27,29-30H,1,4,18,28H2,2-3,5-6H3/b9-8-,17-10-,31-24+,39-26+. The second-order valence-electron chi connectivity index (χ2n) is 13.2. The Hall–Kier alpha value is -4.86. The van der Waals surface area contributed by atoms with Gasteiger partial charge in [0.1, 0.15) is 0 Å². The molecule has 0 saturated heterocycles. The summed E-state index contributed by atoms with van der Waals surface area (Å²) in [4.78, 5) is 2.46. The zero-order chi connectivity index (χ0) is 32.7. The Bertz CT molecular complexity index is 2300. The average Bonchev–Trinajstić information content (AvgIpc) is 3.67. The van der Waals surface area contributed by atoms with E-state index < -0.39 is 0 Å². The molecule has 0 radical (unpaired) electrons. The normalized spacial score (nSPS) is 17.6. The first-order valence-corrected chi connectivity index (χ1v) is 17.4. The van der Waals surface area contributed by atoms with Crippen molar-refractivity contribution in [3.8, 4) is 11.3 Å². The largest absolute Gasteiger partial charge is 0.336 e. The number of rotatable bonds is 8. The molecular formula is C44H42N2S. The average molecular weight is 631 g/mol. The summed E-state index contributed by atoms with van der Waals surface area (Å²) in [6.07, 6.45) is 22.5. The number of nitrogens with zero attached hydrogens (tertiary/aromatic N) is 2. The van der Waals surface area contributed by atoms with Crippen LogP contribution >= 0.6 is 11.3 Å². The van der Waals surface area contributed by atoms with E-state index in [2.05, 4.69) is 153 Å². The second kappa shape index (κ2) is 12.4. The van der Waals surface area contributed by atoms with Crippen LogP contribution in [0.25, 0.3) is 44.1 Å². The van der Waals surface area contributed by atoms with Crippen LogP contribution in [-0.4, -0.2) is 4.57 Å². The fourth-order valence-corrected chi connectivity index (χ4v) is 8.58. The maximum atomic E-state index is 4.72. The van der Waals surface area contributed by atoms with Crippen molar-refractivity contribution in [2.45, 2.75) is 46.1 Å². The second-order valence-corrected chi connectivity index (χ2v) is 14.2. The Morgan fingerprint density at radius 1 is 1.00 bits per heavy atom. The van der Waals surface area contributed by atoms with E-state index in [4.69, 9.17) is 6.58 Å². The molecule has 2 heterocycles. The molecule has 7 rings (SSSR count). The van der Waals surface area contributed by atoms with E-state index in [1.807, 2.05) is 23.5 Å². The van der Waals surface area contributed by atoms with E-state index in [1.165, 1.54) is 59.6 Å². The van der Waals surface area contributed by atoms with Gasteiger partial charge in [0.2, 0.25) is 0 Å². The van der Waals surface area contributed by atoms with Gasteiger partial charge in [-0.2, -0.15) is 0 Å². The highest BCUT2D eigenvalue weighted by Crippen LogP contribution is 2.46. The molecule has 1 atom stereocenters. The third-order valence-electron chi connectivity index (χ3n) is 9.78. The van der Waals surface area contributed by atoms with Crippen molar-refractivity contribution in [3.05, 3.63) is 161 Å². The monoisotopic (exact) mass is 630 g/mol. The van der Waals surface area contributed by atoms with Gasteiger partial charge in [0, 0.05) is 66.0 Å². The van der Waals surface area contributed by atoms with Crippen LogP contribution in [0.2, 0.25) is 0 Å². The van der Waals surface area contributed by atoms with E-state index in [0.29, 0.717) is 5.92 Å². The molecule has 2 aliphatic rings. The number of aromatic nitrogens is 1. The summed E-state index contributed by atoms with van der Waals surface area (Å²) in [6, 6.07) is 24.5. The molecule has 0 saturated carbocycles. The molecule has 5 aromatic rings. The number of hydrogen-bond donors (Lipinski definition) is 0. The van der Waals surface area contributed by atoms with Gasteiger partial charge in [0.25, 0.3) is 0 Å². The first-order chi connectivity index (χ1) is 22.8. The summed E-state index contributed by atoms with van der Waals surface area (Å²) in [6.45, 7) is 18.5. The lowest BCUT2D eigenvalue weighted by Crippen LogP contribution is -2.33. The molecule has 0 bridgehead atoms. The molecule has 0 N–H and O–H groups in total. The lowest BCUT2D eigenvalue weighted by molar-refractivity contribution is 0.657. The van der Waals surface area contributed by atoms with Gasteiger partial charge in [0.05, 0.1) is 5.69 Å². The molecule has 234 valence electrons. The highest BCUT2D eigenvalue weighted by Gasteiger charge is 2.38. The van der Waals surface area contributed by atoms with Crippen molar-refractivity contribution in [2.75, 3.05) is 4.90 Å². The quantitative estimate of drug-likeness (QED) is 0.155. The highest BCUT2D eigenvalue weighted by molar-refractivity contribution is 7.25. The van der Waals surface area contributed by atoms with Crippen LogP contribution in [0.3, 0.4) is 0 Å². The Morgan fingerprint density at radius 3 is 2.62 bits per heavy atom. The van der Waals surface area contributed by atoms with Crippen molar-refractivity contribution >= 4 is 49.9 Å². The number of thiophene rings is 1. The van der Waals surface area contributed by atoms with Crippen LogP contribution in [0.5, 0.6) is 0 Å². The summed E-state index contributed by atoms with van der Waals surface area (Å²) < 4.78 is 5.10. The smallest absolute Gasteiger partial charge is 0.0538 e. The fraction of sp³-hybridized carbons (Fsp3) is 0.182. The van der Waals surface area contributed by atoms with Gasteiger partial charge >= 0.3 is 0 Å². The van der Waals surface area contributed by atoms with Crippen LogP contribution < -0.4 is 15.5 Å². The highest BCUT2D eigenvalue weighted by atomic mass is 32.1. The van der Waals surface area contributed by atoms with Crippen molar-refractivity contribution in [2.24, 2.45) is 5.92 Å². The maximum absolute atomic E-state index is 4.72. The van der Waals surface area contributed by atoms with Crippen LogP contribution in [0.1, 0.15) is 45.2 Å². The summed E-state index contributed by atoms with van der Waals surface area (Å²) in [7, 11) is 0. The van der Waals surface area contributed by atoms with Gasteiger partial charge in [-0.15, -0.1) is 11.3 Å². The van der Waals surface area contributed by atoms with Gasteiger partial charge in [-0.05, 0) is 72.2 Å². The van der Waals surface area contributed by atoms with Crippen LogP contribution in [0, 0.1) is 5.92 Å². The SMILES string of the molecule is C=C/C=C\C=C/Cn1c2c(c(=C)/c1=C\C=C(/C)N(C1=CC=CCC1C)c1ccc3sc4ccccc4c3c1)C(C)(C)c1ccccc1-2. The number of hydrogen-bond acceptors (Lipinski definition) is 2. The Labute approximate surface area is 282 Å². The van der Waals surface area contributed by atoms with Gasteiger partial charge < -0.3 is 9.47 Å². The van der Waals surface area contributed by atoms with Crippen LogP contribution in [0.4, 0.5) is 5.69 Å². The van der Waals surface area contributed by atoms with E-state index in [9.17, 15) is 0 Å². The predicted molar refractivity (Wildman–Crippen MR) is 206 cm³/mol. The Morgan fingerprint density at radius 2 is 1.79 bits per heavy atom. The molecule has 3 heteroatoms. The third-order valence-corrected chi connectivity index (χ3v) is 10.9. The van der Waals surface area contributed by atoms with Crippen LogP contribution in [-0.2, 0) is 12.0 Å². The van der Waals surface area contributed by atoms with E-state index in [-0.39, 0.29) is 5.41 Å². The molecule has 0 aliphatic heterocycles. The molecular weight excluding hydrogens is 589 g/mol. The van der Waals surface area contributed by atoms with E-state index in [0.717, 1.165) is 23.5 Å². The minimum absolute atomic E-state index is 0.124. The third kappa shape index (κ3) is 5.29. The number of allylic oxidation sites excluding steroid dienone is 11. The number of benzene rings is 3. The summed E-state index contributed by atoms with van der Waals surface area (Å²) in [5.74, 6) is 0.403. The molecule has 3 aromatic carbocycles. The minimum Gasteiger partial charge on any atom is -0.336 e. The summed E-state index contributed by atoms with van der Waals surface area (Å²) in [5, 5.41) is 4.89. The first kappa shape index (κ1) is 30.8. The van der Waals surface area contributed by atoms with Gasteiger partial charge in [0.15, 0.2) is 0 Å². The lowest BCUT2D eigenvalue weighted by Gasteiger charge is -2.33. The van der Waals surface area contributed by atoms with Gasteiger partial charge in [-0.1, -0.05) is 119 Å². The zero-order valence-electron chi connectivity index (χ0n) is 27.8. The molecule has 0 fully saturated rings. The molecule has 2 aliphatic carbocycles. The number of anilines is 1. The summed E-state index contributed by atoms with van der Waals surface area (Å²) >= 11 is 1.86. The molecule has 2 aromatic heterocycles. The van der Waals surface area contributed by atoms with Crippen molar-refractivity contribution < 1.29 is 0 Å². The van der Waals surface area contributed by atoms with Crippen molar-refractivity contribution in [1.82, 2.24) is 4.57 Å². The molecule has 1 unspecified atom stereocenters.